The molecule has 0 spiro atoms. The van der Waals surface area contributed by atoms with Crippen LogP contribution in [-0.4, -0.2) is 5.78 Å². The zero-order chi connectivity index (χ0) is 11.1. The maximum absolute atomic E-state index is 13.4. The molecule has 1 aliphatic rings. The monoisotopic (exact) mass is 246 g/mol. The molecule has 1 saturated carbocycles. The topological polar surface area (TPSA) is 17.1 Å². The Hall–Kier alpha value is -0.600. The van der Waals surface area contributed by atoms with Crippen molar-refractivity contribution in [3.63, 3.8) is 0 Å². The van der Waals surface area contributed by atoms with E-state index in [-0.39, 0.29) is 17.3 Å². The minimum Gasteiger partial charge on any atom is -0.296 e. The second kappa shape index (κ2) is 3.76. The SMILES string of the molecule is O=C(C1CC1)C(Cl)(Cl)c1ccccc1F. The van der Waals surface area contributed by atoms with Gasteiger partial charge in [0.15, 0.2) is 5.78 Å². The summed E-state index contributed by atoms with van der Waals surface area (Å²) in [6.45, 7) is 0. The van der Waals surface area contributed by atoms with Crippen molar-refractivity contribution in [3.05, 3.63) is 35.6 Å². The summed E-state index contributed by atoms with van der Waals surface area (Å²) in [5.41, 5.74) is 0.0465. The first-order chi connectivity index (χ1) is 7.03. The molecule has 1 fully saturated rings. The molecule has 1 aromatic carbocycles. The van der Waals surface area contributed by atoms with Gasteiger partial charge in [0.25, 0.3) is 0 Å². The van der Waals surface area contributed by atoms with E-state index in [2.05, 4.69) is 0 Å². The summed E-state index contributed by atoms with van der Waals surface area (Å²) in [5.74, 6) is -0.938. The van der Waals surface area contributed by atoms with Crippen molar-refractivity contribution >= 4 is 29.0 Å². The third-order valence-corrected chi connectivity index (χ3v) is 3.25. The Labute approximate surface area is 97.2 Å². The molecule has 1 aliphatic carbocycles. The van der Waals surface area contributed by atoms with Gasteiger partial charge < -0.3 is 0 Å². The van der Waals surface area contributed by atoms with Crippen LogP contribution in [0.2, 0.25) is 0 Å². The van der Waals surface area contributed by atoms with E-state index >= 15 is 0 Å². The number of benzene rings is 1. The summed E-state index contributed by atoms with van der Waals surface area (Å²) in [6, 6.07) is 5.83. The van der Waals surface area contributed by atoms with Crippen LogP contribution in [0, 0.1) is 11.7 Å². The van der Waals surface area contributed by atoms with Gasteiger partial charge in [0.05, 0.1) is 0 Å². The Morgan fingerprint density at radius 2 is 1.93 bits per heavy atom. The third kappa shape index (κ3) is 2.01. The van der Waals surface area contributed by atoms with Crippen LogP contribution in [0.4, 0.5) is 4.39 Å². The van der Waals surface area contributed by atoms with E-state index in [1.165, 1.54) is 18.2 Å². The van der Waals surface area contributed by atoms with Crippen molar-refractivity contribution in [1.82, 2.24) is 0 Å². The molecule has 0 heterocycles. The highest BCUT2D eigenvalue weighted by atomic mass is 35.5. The fraction of sp³-hybridized carbons (Fsp3) is 0.364. The second-order valence-corrected chi connectivity index (χ2v) is 5.02. The molecule has 0 aromatic heterocycles. The molecule has 0 unspecified atom stereocenters. The summed E-state index contributed by atoms with van der Waals surface area (Å²) in [6.07, 6.45) is 1.60. The summed E-state index contributed by atoms with van der Waals surface area (Å²) in [4.78, 5) is 11.7. The Morgan fingerprint density at radius 3 is 2.47 bits per heavy atom. The highest BCUT2D eigenvalue weighted by Crippen LogP contribution is 2.44. The fourth-order valence-electron chi connectivity index (χ4n) is 1.45. The molecule has 1 nitrogen and oxygen atoms in total. The Morgan fingerprint density at radius 1 is 1.33 bits per heavy atom. The van der Waals surface area contributed by atoms with Crippen LogP contribution in [-0.2, 0) is 9.13 Å². The van der Waals surface area contributed by atoms with Crippen LogP contribution in [0.25, 0.3) is 0 Å². The van der Waals surface area contributed by atoms with Gasteiger partial charge in [-0.05, 0) is 18.9 Å². The van der Waals surface area contributed by atoms with E-state index in [1.807, 2.05) is 0 Å². The number of Topliss-reactive ketones (excluding diaryl/α,β-unsaturated/α-hetero) is 1. The van der Waals surface area contributed by atoms with E-state index in [4.69, 9.17) is 23.2 Å². The van der Waals surface area contributed by atoms with E-state index in [9.17, 15) is 9.18 Å². The first-order valence-electron chi connectivity index (χ1n) is 4.70. The quantitative estimate of drug-likeness (QED) is 0.748. The zero-order valence-corrected chi connectivity index (χ0v) is 9.35. The lowest BCUT2D eigenvalue weighted by molar-refractivity contribution is -0.121. The van der Waals surface area contributed by atoms with Gasteiger partial charge in [-0.3, -0.25) is 4.79 Å². The van der Waals surface area contributed by atoms with Gasteiger partial charge in [0.2, 0.25) is 4.33 Å². The number of carbonyl (C=O) groups excluding carboxylic acids is 1. The van der Waals surface area contributed by atoms with E-state index in [0.717, 1.165) is 12.8 Å². The number of alkyl halides is 2. The Bertz CT molecular complexity index is 399. The molecule has 0 atom stereocenters. The molecule has 15 heavy (non-hydrogen) atoms. The highest BCUT2D eigenvalue weighted by molar-refractivity contribution is 6.58. The Kier molecular flexibility index (Phi) is 2.73. The predicted molar refractivity (Wildman–Crippen MR) is 57.5 cm³/mol. The molecule has 0 radical (unpaired) electrons. The molecule has 80 valence electrons. The van der Waals surface area contributed by atoms with Crippen molar-refractivity contribution < 1.29 is 9.18 Å². The minimum atomic E-state index is -1.74. The van der Waals surface area contributed by atoms with E-state index < -0.39 is 10.2 Å². The molecular weight excluding hydrogens is 238 g/mol. The number of carbonyl (C=O) groups is 1. The van der Waals surface area contributed by atoms with Gasteiger partial charge in [-0.2, -0.15) is 0 Å². The molecule has 0 saturated heterocycles. The molecule has 4 heteroatoms. The summed E-state index contributed by atoms with van der Waals surface area (Å²) in [5, 5.41) is 0. The molecule has 1 aromatic rings. The van der Waals surface area contributed by atoms with Crippen molar-refractivity contribution in [2.24, 2.45) is 5.92 Å². The van der Waals surface area contributed by atoms with Crippen LogP contribution in [0.3, 0.4) is 0 Å². The maximum atomic E-state index is 13.4. The second-order valence-electron chi connectivity index (χ2n) is 3.69. The van der Waals surface area contributed by atoms with Gasteiger partial charge in [-0.15, -0.1) is 0 Å². The number of hydrogen-bond acceptors (Lipinski definition) is 1. The summed E-state index contributed by atoms with van der Waals surface area (Å²) in [7, 11) is 0. The van der Waals surface area contributed by atoms with Crippen LogP contribution in [0.1, 0.15) is 18.4 Å². The Balaban J connectivity index is 2.35. The van der Waals surface area contributed by atoms with Crippen molar-refractivity contribution in [2.45, 2.75) is 17.2 Å². The molecular formula is C11H9Cl2FO. The summed E-state index contributed by atoms with van der Waals surface area (Å²) < 4.78 is 11.7. The fourth-order valence-corrected chi connectivity index (χ4v) is 2.07. The normalized spacial score (nSPS) is 16.5. The first kappa shape index (κ1) is 10.9. The van der Waals surface area contributed by atoms with Gasteiger partial charge in [0, 0.05) is 11.5 Å². The zero-order valence-electron chi connectivity index (χ0n) is 7.84. The van der Waals surface area contributed by atoms with Crippen molar-refractivity contribution in [1.29, 1.82) is 0 Å². The molecule has 0 amide bonds. The van der Waals surface area contributed by atoms with Gasteiger partial charge in [0.1, 0.15) is 5.82 Å². The third-order valence-electron chi connectivity index (χ3n) is 2.47. The van der Waals surface area contributed by atoms with Crippen LogP contribution in [0.15, 0.2) is 24.3 Å². The van der Waals surface area contributed by atoms with E-state index in [1.54, 1.807) is 6.07 Å². The lowest BCUT2D eigenvalue weighted by Gasteiger charge is -2.18. The summed E-state index contributed by atoms with van der Waals surface area (Å²) >= 11 is 11.9. The molecule has 2 rings (SSSR count). The largest absolute Gasteiger partial charge is 0.296 e. The predicted octanol–water partition coefficient (Wildman–Crippen LogP) is 3.44. The maximum Gasteiger partial charge on any atom is 0.203 e. The van der Waals surface area contributed by atoms with E-state index in [0.29, 0.717) is 0 Å². The number of rotatable bonds is 3. The number of ketones is 1. The minimum absolute atomic E-state index is 0.0465. The average Bonchev–Trinajstić information content (AvgIpc) is 3.00. The number of halogens is 3. The lowest BCUT2D eigenvalue weighted by atomic mass is 10.0. The number of hydrogen-bond donors (Lipinski definition) is 0. The molecule has 0 N–H and O–H groups in total. The van der Waals surface area contributed by atoms with Crippen molar-refractivity contribution in [2.75, 3.05) is 0 Å². The smallest absolute Gasteiger partial charge is 0.203 e. The molecule has 0 aliphatic heterocycles. The van der Waals surface area contributed by atoms with Gasteiger partial charge >= 0.3 is 0 Å². The van der Waals surface area contributed by atoms with Crippen LogP contribution in [0.5, 0.6) is 0 Å². The first-order valence-corrected chi connectivity index (χ1v) is 5.46. The average molecular weight is 247 g/mol. The van der Waals surface area contributed by atoms with Crippen LogP contribution < -0.4 is 0 Å². The van der Waals surface area contributed by atoms with Crippen molar-refractivity contribution in [3.8, 4) is 0 Å². The standard InChI is InChI=1S/C11H9Cl2FO/c12-11(13,10(15)7-5-6-7)8-3-1-2-4-9(8)14/h1-4,7H,5-6H2. The van der Waals surface area contributed by atoms with Gasteiger partial charge in [-0.1, -0.05) is 41.4 Å². The highest BCUT2D eigenvalue weighted by Gasteiger charge is 2.45. The lowest BCUT2D eigenvalue weighted by Crippen LogP contribution is -2.26. The molecule has 0 bridgehead atoms. The van der Waals surface area contributed by atoms with Crippen LogP contribution >= 0.6 is 23.2 Å². The van der Waals surface area contributed by atoms with Gasteiger partial charge in [-0.25, -0.2) is 4.39 Å².